The second kappa shape index (κ2) is 7.99. The highest BCUT2D eigenvalue weighted by Gasteiger charge is 2.27. The van der Waals surface area contributed by atoms with E-state index < -0.39 is 0 Å². The van der Waals surface area contributed by atoms with Crippen LogP contribution in [0.15, 0.2) is 9.85 Å². The van der Waals surface area contributed by atoms with Gasteiger partial charge in [0, 0.05) is 25.2 Å². The molecule has 124 valence electrons. The molecule has 1 aliphatic carbocycles. The van der Waals surface area contributed by atoms with E-state index in [0.29, 0.717) is 6.04 Å². The Kier molecular flexibility index (Phi) is 6.56. The number of carbonyl (C=O) groups excluding carboxylic acids is 1. The smallest absolute Gasteiger partial charge is 0.264 e. The van der Waals surface area contributed by atoms with Gasteiger partial charge in [0.05, 0.1) is 12.0 Å². The number of thiophene rings is 1. The van der Waals surface area contributed by atoms with Crippen molar-refractivity contribution >= 4 is 45.6 Å². The second-order valence-corrected chi connectivity index (χ2v) is 8.24. The SMILES string of the molecule is COc1cc(C(=O)N2CCC(NCC3CC3)CC2)sc1Br.Cl. The number of halogens is 2. The highest BCUT2D eigenvalue weighted by Crippen LogP contribution is 2.35. The molecule has 1 amide bonds. The Bertz CT molecular complexity index is 514. The second-order valence-electron chi connectivity index (χ2n) is 5.87. The Morgan fingerprint density at radius 2 is 2.09 bits per heavy atom. The van der Waals surface area contributed by atoms with Gasteiger partial charge in [-0.25, -0.2) is 0 Å². The highest BCUT2D eigenvalue weighted by molar-refractivity contribution is 9.11. The van der Waals surface area contributed by atoms with E-state index in [9.17, 15) is 4.79 Å². The third-order valence-corrected chi connectivity index (χ3v) is 6.03. The molecular weight excluding hydrogens is 388 g/mol. The van der Waals surface area contributed by atoms with Crippen molar-refractivity contribution in [3.8, 4) is 5.75 Å². The summed E-state index contributed by atoms with van der Waals surface area (Å²) >= 11 is 4.88. The van der Waals surface area contributed by atoms with Gasteiger partial charge < -0.3 is 15.0 Å². The van der Waals surface area contributed by atoms with E-state index in [2.05, 4.69) is 21.2 Å². The molecule has 0 bridgehead atoms. The number of amides is 1. The maximum atomic E-state index is 12.5. The van der Waals surface area contributed by atoms with Crippen LogP contribution < -0.4 is 10.1 Å². The van der Waals surface area contributed by atoms with Crippen LogP contribution in [0.3, 0.4) is 0 Å². The van der Waals surface area contributed by atoms with E-state index in [0.717, 1.165) is 52.8 Å². The van der Waals surface area contributed by atoms with Crippen LogP contribution in [0.4, 0.5) is 0 Å². The number of nitrogens with one attached hydrogen (secondary N) is 1. The molecule has 2 heterocycles. The molecule has 2 aliphatic rings. The minimum atomic E-state index is 0. The highest BCUT2D eigenvalue weighted by atomic mass is 79.9. The molecule has 0 unspecified atom stereocenters. The van der Waals surface area contributed by atoms with Crippen LogP contribution in [0.1, 0.15) is 35.4 Å². The van der Waals surface area contributed by atoms with Gasteiger partial charge in [-0.2, -0.15) is 0 Å². The summed E-state index contributed by atoms with van der Waals surface area (Å²) in [5, 5.41) is 3.64. The van der Waals surface area contributed by atoms with E-state index in [4.69, 9.17) is 4.74 Å². The van der Waals surface area contributed by atoms with Crippen molar-refractivity contribution in [2.24, 2.45) is 5.92 Å². The fourth-order valence-electron chi connectivity index (χ4n) is 2.69. The molecule has 1 saturated carbocycles. The van der Waals surface area contributed by atoms with E-state index in [-0.39, 0.29) is 18.3 Å². The van der Waals surface area contributed by atoms with Gasteiger partial charge >= 0.3 is 0 Å². The number of nitrogens with zero attached hydrogens (tertiary/aromatic N) is 1. The first-order valence-electron chi connectivity index (χ1n) is 7.53. The number of hydrogen-bond acceptors (Lipinski definition) is 4. The monoisotopic (exact) mass is 408 g/mol. The zero-order valence-electron chi connectivity index (χ0n) is 12.6. The van der Waals surface area contributed by atoms with Crippen LogP contribution in [0.25, 0.3) is 0 Å². The minimum Gasteiger partial charge on any atom is -0.495 e. The molecule has 1 aliphatic heterocycles. The molecular formula is C15H22BrClN2O2S. The van der Waals surface area contributed by atoms with E-state index in [1.807, 2.05) is 11.0 Å². The van der Waals surface area contributed by atoms with Crippen molar-refractivity contribution < 1.29 is 9.53 Å². The molecule has 1 aromatic rings. The van der Waals surface area contributed by atoms with Gasteiger partial charge in [-0.1, -0.05) is 0 Å². The maximum Gasteiger partial charge on any atom is 0.264 e. The summed E-state index contributed by atoms with van der Waals surface area (Å²) in [6.07, 6.45) is 4.89. The van der Waals surface area contributed by atoms with Crippen molar-refractivity contribution in [3.05, 3.63) is 14.7 Å². The Balaban J connectivity index is 0.00000176. The molecule has 0 radical (unpaired) electrons. The summed E-state index contributed by atoms with van der Waals surface area (Å²) in [6, 6.07) is 2.41. The Hall–Kier alpha value is -0.300. The molecule has 1 aromatic heterocycles. The average Bonchev–Trinajstić information content (AvgIpc) is 3.26. The number of rotatable bonds is 5. The Morgan fingerprint density at radius 1 is 1.41 bits per heavy atom. The van der Waals surface area contributed by atoms with Crippen LogP contribution in [-0.2, 0) is 0 Å². The van der Waals surface area contributed by atoms with Crippen molar-refractivity contribution in [2.45, 2.75) is 31.7 Å². The predicted molar refractivity (Wildman–Crippen MR) is 95.5 cm³/mol. The van der Waals surface area contributed by atoms with Crippen molar-refractivity contribution in [1.82, 2.24) is 10.2 Å². The number of likely N-dealkylation sites (tertiary alicyclic amines) is 1. The maximum absolute atomic E-state index is 12.5. The minimum absolute atomic E-state index is 0. The molecule has 0 spiro atoms. The van der Waals surface area contributed by atoms with Gasteiger partial charge in [-0.3, -0.25) is 4.79 Å². The quantitative estimate of drug-likeness (QED) is 0.808. The zero-order chi connectivity index (χ0) is 14.8. The molecule has 0 atom stereocenters. The third-order valence-electron chi connectivity index (χ3n) is 4.26. The van der Waals surface area contributed by atoms with Crippen molar-refractivity contribution in [1.29, 1.82) is 0 Å². The Morgan fingerprint density at radius 3 is 2.64 bits per heavy atom. The van der Waals surface area contributed by atoms with Crippen LogP contribution >= 0.6 is 39.7 Å². The largest absolute Gasteiger partial charge is 0.495 e. The van der Waals surface area contributed by atoms with Gasteiger partial charge in [0.15, 0.2) is 0 Å². The molecule has 22 heavy (non-hydrogen) atoms. The number of ether oxygens (including phenoxy) is 1. The van der Waals surface area contributed by atoms with Crippen molar-refractivity contribution in [2.75, 3.05) is 26.7 Å². The van der Waals surface area contributed by atoms with Gasteiger partial charge in [0.25, 0.3) is 5.91 Å². The Labute approximate surface area is 150 Å². The topological polar surface area (TPSA) is 41.6 Å². The number of carbonyl (C=O) groups is 1. The summed E-state index contributed by atoms with van der Waals surface area (Å²) in [5.41, 5.74) is 0. The van der Waals surface area contributed by atoms with Gasteiger partial charge in [0.1, 0.15) is 9.54 Å². The predicted octanol–water partition coefficient (Wildman–Crippen LogP) is 3.55. The lowest BCUT2D eigenvalue weighted by atomic mass is 10.0. The number of hydrogen-bond donors (Lipinski definition) is 1. The van der Waals surface area contributed by atoms with Gasteiger partial charge in [-0.05, 0) is 54.1 Å². The zero-order valence-corrected chi connectivity index (χ0v) is 15.9. The number of piperidine rings is 1. The van der Waals surface area contributed by atoms with Crippen LogP contribution in [0.5, 0.6) is 5.75 Å². The van der Waals surface area contributed by atoms with E-state index in [1.54, 1.807) is 7.11 Å². The van der Waals surface area contributed by atoms with Gasteiger partial charge in [-0.15, -0.1) is 23.7 Å². The third kappa shape index (κ3) is 4.37. The molecule has 1 saturated heterocycles. The molecule has 3 rings (SSSR count). The summed E-state index contributed by atoms with van der Waals surface area (Å²) in [4.78, 5) is 15.2. The van der Waals surface area contributed by atoms with Crippen LogP contribution in [-0.4, -0.2) is 43.6 Å². The fraction of sp³-hybridized carbons (Fsp3) is 0.667. The molecule has 4 nitrogen and oxygen atoms in total. The molecule has 2 fully saturated rings. The average molecular weight is 410 g/mol. The summed E-state index contributed by atoms with van der Waals surface area (Å²) in [6.45, 7) is 2.85. The standard InChI is InChI=1S/C15H21BrN2O2S.ClH/c1-20-12-8-13(21-14(12)16)15(19)18-6-4-11(5-7-18)17-9-10-2-3-10;/h8,10-11,17H,2-7,9H2,1H3;1H. The molecule has 1 N–H and O–H groups in total. The van der Waals surface area contributed by atoms with E-state index >= 15 is 0 Å². The van der Waals surface area contributed by atoms with Gasteiger partial charge in [0.2, 0.25) is 0 Å². The lowest BCUT2D eigenvalue weighted by Gasteiger charge is -2.32. The summed E-state index contributed by atoms with van der Waals surface area (Å²) < 4.78 is 6.11. The summed E-state index contributed by atoms with van der Waals surface area (Å²) in [7, 11) is 1.62. The molecule has 7 heteroatoms. The lowest BCUT2D eigenvalue weighted by molar-refractivity contribution is 0.0709. The van der Waals surface area contributed by atoms with Crippen LogP contribution in [0.2, 0.25) is 0 Å². The normalized spacial score (nSPS) is 18.9. The first-order valence-corrected chi connectivity index (χ1v) is 9.14. The fourth-order valence-corrected chi connectivity index (χ4v) is 4.31. The van der Waals surface area contributed by atoms with Crippen molar-refractivity contribution in [3.63, 3.8) is 0 Å². The lowest BCUT2D eigenvalue weighted by Crippen LogP contribution is -2.45. The molecule has 0 aromatic carbocycles. The first kappa shape index (κ1) is 18.0. The van der Waals surface area contributed by atoms with E-state index in [1.165, 1.54) is 24.2 Å². The first-order chi connectivity index (χ1) is 10.2. The van der Waals surface area contributed by atoms with Crippen LogP contribution in [0, 0.1) is 5.92 Å². The summed E-state index contributed by atoms with van der Waals surface area (Å²) in [5.74, 6) is 1.79. The number of methoxy groups -OCH3 is 1.